The molecule has 0 radical (unpaired) electrons. The lowest BCUT2D eigenvalue weighted by molar-refractivity contribution is 0.248. The van der Waals surface area contributed by atoms with Gasteiger partial charge in [0.15, 0.2) is 11.2 Å². The number of nitrogens with zero attached hydrogens (tertiary/aromatic N) is 3. The Morgan fingerprint density at radius 1 is 1.08 bits per heavy atom. The lowest BCUT2D eigenvalue weighted by atomic mass is 10.0. The average molecular weight is 511 g/mol. The van der Waals surface area contributed by atoms with Crippen molar-refractivity contribution in [3.05, 3.63) is 76.8 Å². The van der Waals surface area contributed by atoms with Crippen molar-refractivity contribution in [2.75, 3.05) is 19.5 Å². The van der Waals surface area contributed by atoms with E-state index in [-0.39, 0.29) is 23.7 Å². The summed E-state index contributed by atoms with van der Waals surface area (Å²) in [5.74, 6) is 0.973. The maximum atomic E-state index is 12.9. The van der Waals surface area contributed by atoms with Gasteiger partial charge in [-0.3, -0.25) is 8.98 Å². The summed E-state index contributed by atoms with van der Waals surface area (Å²) in [5, 5.41) is 0. The molecule has 1 unspecified atom stereocenters. The second kappa shape index (κ2) is 11.5. The van der Waals surface area contributed by atoms with Crippen molar-refractivity contribution in [3.63, 3.8) is 0 Å². The topological polar surface area (TPSA) is 116 Å². The number of H-pyrrole nitrogens is 1. The molecule has 0 aliphatic rings. The molecule has 4 aromatic rings. The van der Waals surface area contributed by atoms with Crippen LogP contribution in [0.25, 0.3) is 22.6 Å². The highest BCUT2D eigenvalue weighted by Crippen LogP contribution is 2.28. The Labute approximate surface area is 210 Å². The maximum absolute atomic E-state index is 12.9. The van der Waals surface area contributed by atoms with Gasteiger partial charge in [0.1, 0.15) is 11.6 Å². The van der Waals surface area contributed by atoms with E-state index in [2.05, 4.69) is 22.1 Å². The zero-order chi connectivity index (χ0) is 25.5. The van der Waals surface area contributed by atoms with Gasteiger partial charge >= 0.3 is 0 Å². The fraction of sp³-hybridized carbons (Fsp3) is 0.346. The van der Waals surface area contributed by atoms with E-state index >= 15 is 0 Å². The zero-order valence-corrected chi connectivity index (χ0v) is 21.2. The predicted octanol–water partition coefficient (Wildman–Crippen LogP) is 4.12. The summed E-state index contributed by atoms with van der Waals surface area (Å²) in [6.07, 6.45) is 5.60. The van der Waals surface area contributed by atoms with E-state index in [1.807, 2.05) is 49.4 Å². The molecule has 10 heteroatoms. The van der Waals surface area contributed by atoms with Crippen molar-refractivity contribution < 1.29 is 17.3 Å². The normalized spacial score (nSPS) is 12.6. The number of imidazole rings is 1. The summed E-state index contributed by atoms with van der Waals surface area (Å²) in [7, 11) is -3.65. The van der Waals surface area contributed by atoms with Crippen LogP contribution in [0.2, 0.25) is 0 Å². The summed E-state index contributed by atoms with van der Waals surface area (Å²) in [6, 6.07) is 17.0. The van der Waals surface area contributed by atoms with Crippen molar-refractivity contribution in [3.8, 4) is 17.1 Å². The molecule has 2 heterocycles. The lowest BCUT2D eigenvalue weighted by Crippen LogP contribution is -2.19. The quantitative estimate of drug-likeness (QED) is 0.285. The molecule has 9 nitrogen and oxygen atoms in total. The molecule has 190 valence electrons. The zero-order valence-electron chi connectivity index (χ0n) is 20.4. The molecule has 0 aliphatic heterocycles. The molecule has 0 aliphatic carbocycles. The Bertz CT molecular complexity index is 1460. The van der Waals surface area contributed by atoms with E-state index in [9.17, 15) is 13.2 Å². The number of benzene rings is 2. The monoisotopic (exact) mass is 510 g/mol. The van der Waals surface area contributed by atoms with E-state index in [4.69, 9.17) is 13.9 Å². The smallest absolute Gasteiger partial charge is 0.279 e. The molecule has 0 saturated heterocycles. The van der Waals surface area contributed by atoms with Crippen LogP contribution in [0.1, 0.15) is 37.8 Å². The second-order valence-electron chi connectivity index (χ2n) is 8.60. The Hall–Kier alpha value is -3.50. The Morgan fingerprint density at radius 3 is 2.58 bits per heavy atom. The summed E-state index contributed by atoms with van der Waals surface area (Å²) in [5.41, 5.74) is 2.01. The second-order valence-corrected chi connectivity index (χ2v) is 10.2. The Balaban J connectivity index is 1.69. The molecule has 1 atom stereocenters. The van der Waals surface area contributed by atoms with Gasteiger partial charge < -0.3 is 14.3 Å². The van der Waals surface area contributed by atoms with Gasteiger partial charge in [0.25, 0.3) is 15.7 Å². The fourth-order valence-electron chi connectivity index (χ4n) is 4.01. The molecule has 36 heavy (non-hydrogen) atoms. The third-order valence-corrected chi connectivity index (χ3v) is 6.31. The van der Waals surface area contributed by atoms with E-state index in [0.29, 0.717) is 35.8 Å². The van der Waals surface area contributed by atoms with Crippen molar-refractivity contribution in [2.45, 2.75) is 38.6 Å². The molecule has 4 rings (SSSR count). The minimum atomic E-state index is -3.65. The highest BCUT2D eigenvalue weighted by molar-refractivity contribution is 7.85. The van der Waals surface area contributed by atoms with E-state index < -0.39 is 10.1 Å². The molecule has 0 spiro atoms. The molecule has 1 N–H and O–H groups in total. The van der Waals surface area contributed by atoms with Crippen LogP contribution in [0.15, 0.2) is 65.7 Å². The lowest BCUT2D eigenvalue weighted by Gasteiger charge is -2.19. The maximum Gasteiger partial charge on any atom is 0.279 e. The number of rotatable bonds is 12. The van der Waals surface area contributed by atoms with E-state index in [1.54, 1.807) is 4.57 Å². The van der Waals surface area contributed by atoms with Crippen LogP contribution in [-0.4, -0.2) is 47.4 Å². The van der Waals surface area contributed by atoms with Gasteiger partial charge in [0, 0.05) is 0 Å². The number of fused-ring (bicyclic) bond motifs is 1. The van der Waals surface area contributed by atoms with E-state index in [0.717, 1.165) is 25.5 Å². The molecule has 0 amide bonds. The Morgan fingerprint density at radius 2 is 1.83 bits per heavy atom. The number of para-hydroxylation sites is 1. The minimum absolute atomic E-state index is 0.0842. The average Bonchev–Trinajstić information content (AvgIpc) is 3.29. The summed E-state index contributed by atoms with van der Waals surface area (Å²) in [4.78, 5) is 24.7. The molecule has 0 fully saturated rings. The third-order valence-electron chi connectivity index (χ3n) is 5.75. The van der Waals surface area contributed by atoms with Crippen molar-refractivity contribution in [2.24, 2.45) is 0 Å². The first-order valence-corrected chi connectivity index (χ1v) is 13.7. The highest BCUT2D eigenvalue weighted by atomic mass is 32.2. The van der Waals surface area contributed by atoms with Gasteiger partial charge in [-0.15, -0.1) is 0 Å². The van der Waals surface area contributed by atoms with Crippen molar-refractivity contribution in [1.29, 1.82) is 0 Å². The van der Waals surface area contributed by atoms with Crippen LogP contribution in [0.5, 0.6) is 5.75 Å². The summed E-state index contributed by atoms with van der Waals surface area (Å²) >= 11 is 0. The van der Waals surface area contributed by atoms with Gasteiger partial charge in [-0.2, -0.15) is 8.42 Å². The number of ether oxygens (including phenoxy) is 1. The minimum Gasteiger partial charge on any atom is -0.493 e. The number of aromatic nitrogens is 4. The van der Waals surface area contributed by atoms with E-state index in [1.165, 1.54) is 11.9 Å². The van der Waals surface area contributed by atoms with Crippen LogP contribution in [0.4, 0.5) is 0 Å². The summed E-state index contributed by atoms with van der Waals surface area (Å²) in [6.45, 7) is 2.47. The molecule has 0 saturated carbocycles. The summed E-state index contributed by atoms with van der Waals surface area (Å²) < 4.78 is 36.3. The van der Waals surface area contributed by atoms with Crippen molar-refractivity contribution >= 4 is 21.3 Å². The van der Waals surface area contributed by atoms with Gasteiger partial charge in [0.05, 0.1) is 37.4 Å². The standard InChI is InChI=1S/C26H30N4O5S/c1-3-16-34-22-15-8-7-14-21(22)24-28-25-23(26(31)29-24)27-18-30(25)20(17-35-36(2,32)33)13-9-12-19-10-5-4-6-11-19/h4-8,10-11,14-15,18,20H,3,9,12-13,16-17H2,1-2H3,(H,28,29,31). The van der Waals surface area contributed by atoms with Crippen LogP contribution in [0.3, 0.4) is 0 Å². The first-order valence-electron chi connectivity index (χ1n) is 11.9. The van der Waals surface area contributed by atoms with Gasteiger partial charge in [-0.05, 0) is 43.4 Å². The SMILES string of the molecule is CCCOc1ccccc1-c1nc2c(ncn2C(CCCc2ccccc2)COS(C)(=O)=O)c(=O)[nH]1. The van der Waals surface area contributed by atoms with Gasteiger partial charge in [-0.1, -0.05) is 49.4 Å². The van der Waals surface area contributed by atoms with Crippen LogP contribution >= 0.6 is 0 Å². The first-order chi connectivity index (χ1) is 17.4. The number of aryl methyl sites for hydroxylation is 1. The number of nitrogens with one attached hydrogen (secondary N) is 1. The van der Waals surface area contributed by atoms with Crippen LogP contribution in [-0.2, 0) is 20.7 Å². The predicted molar refractivity (Wildman–Crippen MR) is 139 cm³/mol. The van der Waals surface area contributed by atoms with Crippen molar-refractivity contribution in [1.82, 2.24) is 19.5 Å². The number of hydrogen-bond donors (Lipinski definition) is 1. The largest absolute Gasteiger partial charge is 0.493 e. The molecule has 0 bridgehead atoms. The highest BCUT2D eigenvalue weighted by Gasteiger charge is 2.21. The molecule has 2 aromatic carbocycles. The first kappa shape index (κ1) is 25.6. The van der Waals surface area contributed by atoms with Crippen LogP contribution < -0.4 is 10.3 Å². The number of hydrogen-bond acceptors (Lipinski definition) is 7. The van der Waals surface area contributed by atoms with Gasteiger partial charge in [0.2, 0.25) is 0 Å². The third kappa shape index (κ3) is 6.38. The molecular formula is C26H30N4O5S. The van der Waals surface area contributed by atoms with Gasteiger partial charge in [-0.25, -0.2) is 9.97 Å². The number of aromatic amines is 1. The molecular weight excluding hydrogens is 480 g/mol. The molecule has 2 aromatic heterocycles. The van der Waals surface area contributed by atoms with Crippen LogP contribution in [0, 0.1) is 0 Å². The fourth-order valence-corrected chi connectivity index (χ4v) is 4.42. The Kier molecular flexibility index (Phi) is 8.17.